The molecule has 2 atom stereocenters. The van der Waals surface area contributed by atoms with Crippen LogP contribution in [0.4, 0.5) is 0 Å². The highest BCUT2D eigenvalue weighted by Gasteiger charge is 2.46. The number of carbonyl (C=O) groups is 1. The van der Waals surface area contributed by atoms with Crippen LogP contribution < -0.4 is 29.3 Å². The molecule has 0 spiro atoms. The van der Waals surface area contributed by atoms with E-state index in [1.165, 1.54) is 21.3 Å². The van der Waals surface area contributed by atoms with Crippen molar-refractivity contribution in [1.29, 1.82) is 0 Å². The minimum atomic E-state index is -1.11. The van der Waals surface area contributed by atoms with E-state index in [0.717, 1.165) is 0 Å². The minimum absolute atomic E-state index is 0.0117. The molecule has 2 aliphatic rings. The monoisotopic (exact) mass is 390 g/mol. The normalized spacial score (nSPS) is 19.0. The molecule has 0 bridgehead atoms. The van der Waals surface area contributed by atoms with Crippen molar-refractivity contribution in [3.63, 3.8) is 0 Å². The fraction of sp³-hybridized carbons (Fsp3) is 0.368. The third kappa shape index (κ3) is 2.54. The van der Waals surface area contributed by atoms with Crippen molar-refractivity contribution in [2.45, 2.75) is 18.9 Å². The van der Waals surface area contributed by atoms with Gasteiger partial charge in [-0.25, -0.2) is 9.59 Å². The van der Waals surface area contributed by atoms with Gasteiger partial charge in [-0.05, 0) is 13.0 Å². The van der Waals surface area contributed by atoms with E-state index in [1.54, 1.807) is 19.1 Å². The zero-order chi connectivity index (χ0) is 20.0. The number of esters is 1. The zero-order valence-electron chi connectivity index (χ0n) is 15.7. The van der Waals surface area contributed by atoms with Gasteiger partial charge in [-0.15, -0.1) is 0 Å². The minimum Gasteiger partial charge on any atom is -0.492 e. The molecule has 2 aromatic rings. The number of aryl methyl sites for hydroxylation is 1. The standard InChI is InChI=1S/C19H18O9/c1-8-5-10-13(18(20)27-8)12(16(28-10)19(21)24-4)9-6-11-15(26-7-25-11)17(23-3)14(9)22-2/h5-6,12,16H,7H2,1-4H3/t12-,16-/m1/s1. The van der Waals surface area contributed by atoms with Crippen LogP contribution in [0.5, 0.6) is 28.7 Å². The van der Waals surface area contributed by atoms with Crippen LogP contribution in [0.25, 0.3) is 0 Å². The molecule has 0 fully saturated rings. The van der Waals surface area contributed by atoms with Gasteiger partial charge < -0.3 is 32.8 Å². The maximum Gasteiger partial charge on any atom is 0.348 e. The van der Waals surface area contributed by atoms with Gasteiger partial charge in [0.15, 0.2) is 11.5 Å². The number of carbonyl (C=O) groups excluding carboxylic acids is 1. The summed E-state index contributed by atoms with van der Waals surface area (Å²) in [5.74, 6) is 0.503. The maximum atomic E-state index is 12.6. The van der Waals surface area contributed by atoms with E-state index in [1.807, 2.05) is 0 Å². The van der Waals surface area contributed by atoms with Crippen molar-refractivity contribution in [2.24, 2.45) is 0 Å². The number of benzene rings is 1. The predicted octanol–water partition coefficient (Wildman–Crippen LogP) is 1.76. The third-order valence-corrected chi connectivity index (χ3v) is 4.72. The fourth-order valence-electron chi connectivity index (χ4n) is 3.59. The van der Waals surface area contributed by atoms with Crippen molar-refractivity contribution in [2.75, 3.05) is 28.1 Å². The van der Waals surface area contributed by atoms with Crippen LogP contribution in [0, 0.1) is 6.92 Å². The molecule has 1 aromatic carbocycles. The van der Waals surface area contributed by atoms with E-state index < -0.39 is 23.6 Å². The van der Waals surface area contributed by atoms with Gasteiger partial charge in [0, 0.05) is 11.6 Å². The molecule has 1 aromatic heterocycles. The molecule has 2 aliphatic heterocycles. The highest BCUT2D eigenvalue weighted by Crippen LogP contribution is 2.54. The molecule has 0 saturated carbocycles. The van der Waals surface area contributed by atoms with Gasteiger partial charge in [-0.3, -0.25) is 0 Å². The summed E-state index contributed by atoms with van der Waals surface area (Å²) in [5, 5.41) is 0. The largest absolute Gasteiger partial charge is 0.492 e. The number of methoxy groups -OCH3 is 3. The molecule has 28 heavy (non-hydrogen) atoms. The summed E-state index contributed by atoms with van der Waals surface area (Å²) in [5.41, 5.74) is 0.0409. The highest BCUT2D eigenvalue weighted by atomic mass is 16.7. The zero-order valence-corrected chi connectivity index (χ0v) is 15.7. The number of ether oxygens (including phenoxy) is 6. The lowest BCUT2D eigenvalue weighted by molar-refractivity contribution is -0.148. The molecule has 148 valence electrons. The first-order chi connectivity index (χ1) is 13.5. The Morgan fingerprint density at radius 2 is 1.82 bits per heavy atom. The first-order valence-corrected chi connectivity index (χ1v) is 8.43. The Balaban J connectivity index is 1.99. The van der Waals surface area contributed by atoms with E-state index in [9.17, 15) is 9.59 Å². The summed E-state index contributed by atoms with van der Waals surface area (Å²) >= 11 is 0. The molecule has 0 saturated heterocycles. The molecule has 0 unspecified atom stereocenters. The summed E-state index contributed by atoms with van der Waals surface area (Å²) in [6.45, 7) is 1.63. The Hall–Kier alpha value is -3.36. The van der Waals surface area contributed by atoms with E-state index in [4.69, 9.17) is 32.8 Å². The molecule has 0 N–H and O–H groups in total. The Kier molecular flexibility index (Phi) is 4.29. The van der Waals surface area contributed by atoms with E-state index >= 15 is 0 Å². The van der Waals surface area contributed by atoms with Gasteiger partial charge in [0.05, 0.1) is 32.8 Å². The molecular formula is C19H18O9. The van der Waals surface area contributed by atoms with Crippen LogP contribution in [-0.2, 0) is 9.53 Å². The van der Waals surface area contributed by atoms with Crippen molar-refractivity contribution in [1.82, 2.24) is 0 Å². The first-order valence-electron chi connectivity index (χ1n) is 8.43. The van der Waals surface area contributed by atoms with Gasteiger partial charge in [-0.1, -0.05) is 0 Å². The quantitative estimate of drug-likeness (QED) is 0.723. The summed E-state index contributed by atoms with van der Waals surface area (Å²) in [7, 11) is 4.15. The van der Waals surface area contributed by atoms with Crippen LogP contribution in [0.15, 0.2) is 21.3 Å². The van der Waals surface area contributed by atoms with E-state index in [-0.39, 0.29) is 18.1 Å². The smallest absolute Gasteiger partial charge is 0.348 e. The van der Waals surface area contributed by atoms with Crippen molar-refractivity contribution >= 4 is 5.97 Å². The summed E-state index contributed by atoms with van der Waals surface area (Å²) in [6.07, 6.45) is -1.11. The summed E-state index contributed by atoms with van der Waals surface area (Å²) < 4.78 is 37.8. The molecule has 3 heterocycles. The second-order valence-corrected chi connectivity index (χ2v) is 6.23. The maximum absolute atomic E-state index is 12.6. The molecule has 0 amide bonds. The first kappa shape index (κ1) is 18.0. The van der Waals surface area contributed by atoms with Gasteiger partial charge in [-0.2, -0.15) is 0 Å². The average Bonchev–Trinajstić information content (AvgIpc) is 3.29. The molecule has 9 nitrogen and oxygen atoms in total. The molecule has 9 heteroatoms. The van der Waals surface area contributed by atoms with Gasteiger partial charge in [0.1, 0.15) is 11.5 Å². The van der Waals surface area contributed by atoms with Crippen LogP contribution in [0.1, 0.15) is 22.8 Å². The Morgan fingerprint density at radius 1 is 1.07 bits per heavy atom. The second kappa shape index (κ2) is 6.66. The van der Waals surface area contributed by atoms with Crippen LogP contribution in [0.2, 0.25) is 0 Å². The Labute approximate surface area is 159 Å². The number of hydrogen-bond donors (Lipinski definition) is 0. The Bertz CT molecular complexity index is 1010. The topological polar surface area (TPSA) is 103 Å². The average molecular weight is 390 g/mol. The number of rotatable bonds is 4. The van der Waals surface area contributed by atoms with Gasteiger partial charge in [0.25, 0.3) is 0 Å². The molecular weight excluding hydrogens is 372 g/mol. The molecule has 4 rings (SSSR count). The van der Waals surface area contributed by atoms with E-state index in [2.05, 4.69) is 0 Å². The van der Waals surface area contributed by atoms with Gasteiger partial charge in [0.2, 0.25) is 24.4 Å². The van der Waals surface area contributed by atoms with Crippen LogP contribution in [-0.4, -0.2) is 40.2 Å². The summed E-state index contributed by atoms with van der Waals surface area (Å²) in [4.78, 5) is 25.1. The lowest BCUT2D eigenvalue weighted by atomic mass is 9.87. The Morgan fingerprint density at radius 3 is 2.50 bits per heavy atom. The summed E-state index contributed by atoms with van der Waals surface area (Å²) in [6, 6.07) is 3.20. The predicted molar refractivity (Wildman–Crippen MR) is 93.7 cm³/mol. The molecule has 0 aliphatic carbocycles. The number of fused-ring (bicyclic) bond motifs is 2. The SMILES string of the molecule is COC(=O)[C@@H]1Oc2cc(C)oc(=O)c2[C@H]1c1cc2c(c(OC)c1OC)OCO2. The molecule has 0 radical (unpaired) electrons. The van der Waals surface area contributed by atoms with Crippen LogP contribution in [0.3, 0.4) is 0 Å². The number of hydrogen-bond acceptors (Lipinski definition) is 9. The van der Waals surface area contributed by atoms with Crippen molar-refractivity contribution in [3.8, 4) is 28.7 Å². The van der Waals surface area contributed by atoms with Crippen molar-refractivity contribution in [3.05, 3.63) is 39.4 Å². The lowest BCUT2D eigenvalue weighted by Gasteiger charge is -2.21. The lowest BCUT2D eigenvalue weighted by Crippen LogP contribution is -2.32. The van der Waals surface area contributed by atoms with Crippen molar-refractivity contribution < 1.29 is 37.6 Å². The second-order valence-electron chi connectivity index (χ2n) is 6.23. The fourth-order valence-corrected chi connectivity index (χ4v) is 3.59. The highest BCUT2D eigenvalue weighted by molar-refractivity contribution is 5.80. The third-order valence-electron chi connectivity index (χ3n) is 4.72. The van der Waals surface area contributed by atoms with Gasteiger partial charge >= 0.3 is 11.6 Å². The van der Waals surface area contributed by atoms with E-state index in [0.29, 0.717) is 34.3 Å². The van der Waals surface area contributed by atoms with Crippen LogP contribution >= 0.6 is 0 Å².